The quantitative estimate of drug-likeness (QED) is 0.785. The van der Waals surface area contributed by atoms with Crippen molar-refractivity contribution in [2.75, 3.05) is 26.2 Å². The van der Waals surface area contributed by atoms with Gasteiger partial charge in [-0.05, 0) is 31.5 Å². The van der Waals surface area contributed by atoms with Crippen molar-refractivity contribution in [3.63, 3.8) is 0 Å². The zero-order chi connectivity index (χ0) is 16.5. The molecular weight excluding hydrogens is 308 g/mol. The average Bonchev–Trinajstić information content (AvgIpc) is 2.94. The lowest BCUT2D eigenvalue weighted by Gasteiger charge is -2.38. The minimum absolute atomic E-state index is 0.0121. The van der Waals surface area contributed by atoms with Crippen LogP contribution in [-0.2, 0) is 9.59 Å². The van der Waals surface area contributed by atoms with Crippen LogP contribution in [0, 0.1) is 0 Å². The molecule has 0 bridgehead atoms. The molecule has 6 heteroatoms. The third-order valence-electron chi connectivity index (χ3n) is 4.97. The normalized spacial score (nSPS) is 27.6. The summed E-state index contributed by atoms with van der Waals surface area (Å²) in [4.78, 5) is 27.7. The van der Waals surface area contributed by atoms with E-state index in [-0.39, 0.29) is 24.0 Å². The summed E-state index contributed by atoms with van der Waals surface area (Å²) in [7, 11) is 0. The summed E-state index contributed by atoms with van der Waals surface area (Å²) < 4.78 is 11.8. The Kier molecular flexibility index (Phi) is 4.14. The summed E-state index contributed by atoms with van der Waals surface area (Å²) in [5.41, 5.74) is 0. The van der Waals surface area contributed by atoms with Gasteiger partial charge < -0.3 is 9.47 Å². The first-order chi connectivity index (χ1) is 11.7. The van der Waals surface area contributed by atoms with Crippen LogP contribution in [0.4, 0.5) is 0 Å². The number of nitrogens with zero attached hydrogens (tertiary/aromatic N) is 2. The van der Waals surface area contributed by atoms with Crippen molar-refractivity contribution in [2.24, 2.45) is 0 Å². The fourth-order valence-corrected chi connectivity index (χ4v) is 3.85. The van der Waals surface area contributed by atoms with E-state index >= 15 is 0 Å². The van der Waals surface area contributed by atoms with E-state index in [1.165, 1.54) is 4.90 Å². The Bertz CT molecular complexity index is 632. The van der Waals surface area contributed by atoms with E-state index in [0.29, 0.717) is 19.4 Å². The number of fused-ring (bicyclic) bond motifs is 1. The maximum absolute atomic E-state index is 12.0. The summed E-state index contributed by atoms with van der Waals surface area (Å²) in [6.45, 7) is 2.98. The molecule has 1 aromatic carbocycles. The molecule has 4 rings (SSSR count). The number of imide groups is 1. The number of amides is 2. The average molecular weight is 330 g/mol. The molecule has 3 aliphatic rings. The second-order valence-corrected chi connectivity index (χ2v) is 6.71. The summed E-state index contributed by atoms with van der Waals surface area (Å²) in [6, 6.07) is 7.71. The molecule has 0 aliphatic carbocycles. The van der Waals surface area contributed by atoms with Gasteiger partial charge in [0, 0.05) is 25.9 Å². The molecule has 24 heavy (non-hydrogen) atoms. The standard InChI is InChI=1S/C18H22N2O4/c21-17-7-8-18(22)20(17)13-4-3-9-19(10-13)11-14-12-23-15-5-1-2-6-16(15)24-14/h1-2,5-6,13-14H,3-4,7-12H2/t13-,14-/m0/s1. The maximum atomic E-state index is 12.0. The van der Waals surface area contributed by atoms with E-state index in [4.69, 9.17) is 9.47 Å². The molecule has 0 radical (unpaired) electrons. The minimum Gasteiger partial charge on any atom is -0.486 e. The number of hydrogen-bond donors (Lipinski definition) is 0. The summed E-state index contributed by atoms with van der Waals surface area (Å²) in [5, 5.41) is 0. The Morgan fingerprint density at radius 1 is 1.08 bits per heavy atom. The molecule has 0 aromatic heterocycles. The molecule has 2 saturated heterocycles. The summed E-state index contributed by atoms with van der Waals surface area (Å²) in [6.07, 6.45) is 2.60. The van der Waals surface area contributed by atoms with Crippen LogP contribution in [0.25, 0.3) is 0 Å². The van der Waals surface area contributed by atoms with Gasteiger partial charge in [0.25, 0.3) is 0 Å². The van der Waals surface area contributed by atoms with Crippen LogP contribution in [0.2, 0.25) is 0 Å². The molecule has 6 nitrogen and oxygen atoms in total. The van der Waals surface area contributed by atoms with Crippen molar-refractivity contribution in [3.8, 4) is 11.5 Å². The highest BCUT2D eigenvalue weighted by Crippen LogP contribution is 2.31. The molecule has 3 aliphatic heterocycles. The highest BCUT2D eigenvalue weighted by atomic mass is 16.6. The van der Waals surface area contributed by atoms with Crippen molar-refractivity contribution < 1.29 is 19.1 Å². The number of carbonyl (C=O) groups is 2. The smallest absolute Gasteiger partial charge is 0.229 e. The first-order valence-electron chi connectivity index (χ1n) is 8.66. The van der Waals surface area contributed by atoms with Gasteiger partial charge in [0.1, 0.15) is 12.7 Å². The van der Waals surface area contributed by atoms with E-state index in [2.05, 4.69) is 4.90 Å². The van der Waals surface area contributed by atoms with E-state index in [0.717, 1.165) is 44.0 Å². The molecule has 2 fully saturated rings. The van der Waals surface area contributed by atoms with Crippen molar-refractivity contribution in [3.05, 3.63) is 24.3 Å². The zero-order valence-electron chi connectivity index (χ0n) is 13.6. The lowest BCUT2D eigenvalue weighted by Crippen LogP contribution is -2.52. The molecule has 0 saturated carbocycles. The van der Waals surface area contributed by atoms with Crippen molar-refractivity contribution >= 4 is 11.8 Å². The monoisotopic (exact) mass is 330 g/mol. The predicted molar refractivity (Wildman–Crippen MR) is 86.9 cm³/mol. The van der Waals surface area contributed by atoms with Crippen LogP contribution in [0.5, 0.6) is 11.5 Å². The second-order valence-electron chi connectivity index (χ2n) is 6.71. The molecule has 3 heterocycles. The minimum atomic E-state index is -0.0244. The molecule has 0 spiro atoms. The molecule has 0 N–H and O–H groups in total. The Morgan fingerprint density at radius 3 is 2.62 bits per heavy atom. The fourth-order valence-electron chi connectivity index (χ4n) is 3.85. The van der Waals surface area contributed by atoms with Gasteiger partial charge in [0.05, 0.1) is 6.04 Å². The number of piperidine rings is 1. The van der Waals surface area contributed by atoms with E-state index in [1.807, 2.05) is 24.3 Å². The number of carbonyl (C=O) groups excluding carboxylic acids is 2. The lowest BCUT2D eigenvalue weighted by molar-refractivity contribution is -0.142. The topological polar surface area (TPSA) is 59.1 Å². The summed E-state index contributed by atoms with van der Waals surface area (Å²) >= 11 is 0. The van der Waals surface area contributed by atoms with Gasteiger partial charge in [0.15, 0.2) is 11.5 Å². The van der Waals surface area contributed by atoms with Crippen LogP contribution in [-0.4, -0.2) is 60.0 Å². The zero-order valence-corrected chi connectivity index (χ0v) is 13.6. The van der Waals surface area contributed by atoms with Crippen molar-refractivity contribution in [2.45, 2.75) is 37.8 Å². The molecule has 0 unspecified atom stereocenters. The largest absolute Gasteiger partial charge is 0.486 e. The van der Waals surface area contributed by atoms with Crippen LogP contribution in [0.3, 0.4) is 0 Å². The van der Waals surface area contributed by atoms with Crippen LogP contribution >= 0.6 is 0 Å². The first kappa shape index (κ1) is 15.4. The SMILES string of the molecule is O=C1CCC(=O)N1[C@H]1CCCN(C[C@H]2COc3ccccc3O2)C1. The van der Waals surface area contributed by atoms with Crippen LogP contribution in [0.15, 0.2) is 24.3 Å². The number of rotatable bonds is 3. The highest BCUT2D eigenvalue weighted by molar-refractivity contribution is 6.02. The van der Waals surface area contributed by atoms with Gasteiger partial charge in [-0.2, -0.15) is 0 Å². The van der Waals surface area contributed by atoms with E-state index in [9.17, 15) is 9.59 Å². The Labute approximate surface area is 141 Å². The van der Waals surface area contributed by atoms with E-state index < -0.39 is 0 Å². The van der Waals surface area contributed by atoms with Gasteiger partial charge >= 0.3 is 0 Å². The third kappa shape index (κ3) is 2.98. The van der Waals surface area contributed by atoms with E-state index in [1.54, 1.807) is 0 Å². The van der Waals surface area contributed by atoms with Crippen molar-refractivity contribution in [1.82, 2.24) is 9.80 Å². The third-order valence-corrected chi connectivity index (χ3v) is 4.97. The number of benzene rings is 1. The molecular formula is C18H22N2O4. The van der Waals surface area contributed by atoms with Crippen molar-refractivity contribution in [1.29, 1.82) is 0 Å². The number of para-hydroxylation sites is 2. The number of hydrogen-bond acceptors (Lipinski definition) is 5. The van der Waals surface area contributed by atoms with Gasteiger partial charge in [0.2, 0.25) is 11.8 Å². The van der Waals surface area contributed by atoms with Gasteiger partial charge in [-0.3, -0.25) is 19.4 Å². The Balaban J connectivity index is 1.37. The maximum Gasteiger partial charge on any atom is 0.229 e. The predicted octanol–water partition coefficient (Wildman–Crippen LogP) is 1.44. The van der Waals surface area contributed by atoms with Gasteiger partial charge in [-0.1, -0.05) is 12.1 Å². The summed E-state index contributed by atoms with van der Waals surface area (Å²) in [5.74, 6) is 1.54. The first-order valence-corrected chi connectivity index (χ1v) is 8.66. The van der Waals surface area contributed by atoms with Crippen LogP contribution < -0.4 is 9.47 Å². The van der Waals surface area contributed by atoms with Gasteiger partial charge in [-0.15, -0.1) is 0 Å². The highest BCUT2D eigenvalue weighted by Gasteiger charge is 2.37. The molecule has 1 aromatic rings. The second kappa shape index (κ2) is 6.43. The Morgan fingerprint density at radius 2 is 1.83 bits per heavy atom. The fraction of sp³-hybridized carbons (Fsp3) is 0.556. The molecule has 128 valence electrons. The number of ether oxygens (including phenoxy) is 2. The van der Waals surface area contributed by atoms with Gasteiger partial charge in [-0.25, -0.2) is 0 Å². The lowest BCUT2D eigenvalue weighted by atomic mass is 10.0. The number of likely N-dealkylation sites (tertiary alicyclic amines) is 2. The molecule has 2 atom stereocenters. The molecule has 2 amide bonds. The van der Waals surface area contributed by atoms with Crippen LogP contribution in [0.1, 0.15) is 25.7 Å². The Hall–Kier alpha value is -2.08.